The fraction of sp³-hybridized carbons (Fsp3) is 0.267. The maximum atomic E-state index is 14.1. The van der Waals surface area contributed by atoms with E-state index in [4.69, 9.17) is 18.6 Å². The lowest BCUT2D eigenvalue weighted by Gasteiger charge is -2.26. The lowest BCUT2D eigenvalue weighted by Crippen LogP contribution is -2.29. The van der Waals surface area contributed by atoms with Crippen LogP contribution in [0, 0.1) is 11.7 Å². The van der Waals surface area contributed by atoms with E-state index in [0.717, 1.165) is 12.5 Å². The van der Waals surface area contributed by atoms with Crippen LogP contribution in [0.4, 0.5) is 10.1 Å². The first-order chi connectivity index (χ1) is 18.3. The molecule has 0 spiro atoms. The Morgan fingerprint density at radius 3 is 2.39 bits per heavy atom. The van der Waals surface area contributed by atoms with Gasteiger partial charge in [-0.25, -0.2) is 4.39 Å². The van der Waals surface area contributed by atoms with Gasteiger partial charge in [-0.3, -0.25) is 14.5 Å². The molecule has 0 aliphatic carbocycles. The zero-order chi connectivity index (χ0) is 27.0. The summed E-state index contributed by atoms with van der Waals surface area (Å²) in [5.74, 6) is 1.01. The highest BCUT2D eigenvalue weighted by atomic mass is 19.1. The molecular weight excluding hydrogens is 489 g/mol. The van der Waals surface area contributed by atoms with E-state index >= 15 is 0 Å². The van der Waals surface area contributed by atoms with Gasteiger partial charge in [0.2, 0.25) is 5.76 Å². The second kappa shape index (κ2) is 10.2. The Balaban J connectivity index is 1.68. The van der Waals surface area contributed by atoms with Gasteiger partial charge in [0.05, 0.1) is 37.8 Å². The first-order valence-electron chi connectivity index (χ1n) is 12.4. The van der Waals surface area contributed by atoms with E-state index in [1.54, 1.807) is 49.6 Å². The van der Waals surface area contributed by atoms with Crippen molar-refractivity contribution in [3.8, 4) is 17.2 Å². The van der Waals surface area contributed by atoms with E-state index < -0.39 is 23.2 Å². The van der Waals surface area contributed by atoms with Gasteiger partial charge in [0, 0.05) is 5.69 Å². The third-order valence-electron chi connectivity index (χ3n) is 6.64. The molecule has 1 aliphatic rings. The number of ether oxygens (including phenoxy) is 3. The van der Waals surface area contributed by atoms with Crippen molar-refractivity contribution in [2.75, 3.05) is 25.7 Å². The number of carbonyl (C=O) groups is 1. The smallest absolute Gasteiger partial charge is 0.295 e. The summed E-state index contributed by atoms with van der Waals surface area (Å²) in [6.45, 7) is 4.76. The predicted octanol–water partition coefficient (Wildman–Crippen LogP) is 6.12. The molecule has 1 aromatic heterocycles. The number of rotatable bonds is 8. The minimum absolute atomic E-state index is 0.0683. The van der Waals surface area contributed by atoms with Crippen LogP contribution < -0.4 is 24.5 Å². The van der Waals surface area contributed by atoms with Gasteiger partial charge in [-0.15, -0.1) is 0 Å². The summed E-state index contributed by atoms with van der Waals surface area (Å²) in [6.07, 6.45) is 0.880. The Hall–Kier alpha value is -4.33. The molecule has 0 N–H and O–H groups in total. The molecule has 0 fully saturated rings. The Labute approximate surface area is 219 Å². The molecule has 1 unspecified atom stereocenters. The van der Waals surface area contributed by atoms with Crippen molar-refractivity contribution < 1.29 is 27.8 Å². The van der Waals surface area contributed by atoms with E-state index in [-0.39, 0.29) is 22.3 Å². The van der Waals surface area contributed by atoms with E-state index in [2.05, 4.69) is 13.8 Å². The van der Waals surface area contributed by atoms with Gasteiger partial charge >= 0.3 is 0 Å². The number of benzene rings is 3. The van der Waals surface area contributed by atoms with Crippen LogP contribution in [0.25, 0.3) is 11.0 Å². The van der Waals surface area contributed by atoms with Crippen molar-refractivity contribution in [2.45, 2.75) is 26.3 Å². The molecule has 8 heteroatoms. The summed E-state index contributed by atoms with van der Waals surface area (Å²) in [4.78, 5) is 29.0. The lowest BCUT2D eigenvalue weighted by molar-refractivity contribution is 0.0971. The maximum absolute atomic E-state index is 14.1. The first kappa shape index (κ1) is 25.3. The molecule has 196 valence electrons. The third kappa shape index (κ3) is 4.47. The maximum Gasteiger partial charge on any atom is 0.295 e. The average molecular weight is 518 g/mol. The van der Waals surface area contributed by atoms with Gasteiger partial charge in [0.1, 0.15) is 17.1 Å². The van der Waals surface area contributed by atoms with Gasteiger partial charge in [-0.1, -0.05) is 19.9 Å². The second-order valence-electron chi connectivity index (χ2n) is 9.53. The molecule has 3 aromatic carbocycles. The highest BCUT2D eigenvalue weighted by Crippen LogP contribution is 2.43. The van der Waals surface area contributed by atoms with E-state index in [0.29, 0.717) is 41.0 Å². The highest BCUT2D eigenvalue weighted by molar-refractivity contribution is 6.10. The summed E-state index contributed by atoms with van der Waals surface area (Å²) in [5, 5.41) is 0.0683. The number of methoxy groups -OCH3 is 2. The van der Waals surface area contributed by atoms with Gasteiger partial charge in [0.25, 0.3) is 5.91 Å². The van der Waals surface area contributed by atoms with Crippen molar-refractivity contribution in [2.24, 2.45) is 5.92 Å². The van der Waals surface area contributed by atoms with Crippen LogP contribution in [-0.4, -0.2) is 26.7 Å². The minimum Gasteiger partial charge on any atom is -0.497 e. The van der Waals surface area contributed by atoms with Crippen LogP contribution >= 0.6 is 0 Å². The van der Waals surface area contributed by atoms with Crippen LogP contribution in [0.3, 0.4) is 0 Å². The number of halogens is 1. The van der Waals surface area contributed by atoms with Crippen molar-refractivity contribution in [1.82, 2.24) is 0 Å². The summed E-state index contributed by atoms with van der Waals surface area (Å²) in [6, 6.07) is 15.1. The first-order valence-corrected chi connectivity index (χ1v) is 12.4. The quantitative estimate of drug-likeness (QED) is 0.280. The molecule has 1 aliphatic heterocycles. The topological polar surface area (TPSA) is 78.2 Å². The van der Waals surface area contributed by atoms with E-state index in [9.17, 15) is 14.0 Å². The molecular formula is C30H28FNO6. The normalized spacial score (nSPS) is 14.7. The Morgan fingerprint density at radius 2 is 1.71 bits per heavy atom. The molecule has 1 atom stereocenters. The van der Waals surface area contributed by atoms with Crippen LogP contribution in [0.2, 0.25) is 0 Å². The van der Waals surface area contributed by atoms with Crippen LogP contribution in [0.15, 0.2) is 69.9 Å². The number of carbonyl (C=O) groups excluding carboxylic acids is 1. The van der Waals surface area contributed by atoms with Crippen molar-refractivity contribution in [3.63, 3.8) is 0 Å². The van der Waals surface area contributed by atoms with Gasteiger partial charge in [-0.05, 0) is 72.5 Å². The highest BCUT2D eigenvalue weighted by Gasteiger charge is 2.44. The van der Waals surface area contributed by atoms with E-state index in [1.807, 2.05) is 0 Å². The summed E-state index contributed by atoms with van der Waals surface area (Å²) in [5.41, 5.74) is 0.971. The van der Waals surface area contributed by atoms with Gasteiger partial charge in [0.15, 0.2) is 16.9 Å². The SMILES string of the molecule is COc1ccc(N2C(=O)c3oc4ccc(F)cc4c(=O)c3C2c2ccc(OCCC(C)C)c(OC)c2)cc1. The van der Waals surface area contributed by atoms with Gasteiger partial charge in [-0.2, -0.15) is 0 Å². The molecule has 4 aromatic rings. The number of fused-ring (bicyclic) bond motifs is 2. The molecule has 7 nitrogen and oxygen atoms in total. The number of hydrogen-bond donors (Lipinski definition) is 0. The average Bonchev–Trinajstić information content (AvgIpc) is 3.21. The standard InChI is InChI=1S/C30H28FNO6/c1-17(2)13-14-37-24-11-5-18(15-25(24)36-4)27-26-28(33)22-16-19(31)6-12-23(22)38-29(26)30(34)32(27)20-7-9-21(35-3)10-8-20/h5-12,15-17,27H,13-14H2,1-4H3. The molecule has 0 bridgehead atoms. The molecule has 0 saturated heterocycles. The largest absolute Gasteiger partial charge is 0.497 e. The zero-order valence-electron chi connectivity index (χ0n) is 21.6. The number of amides is 1. The summed E-state index contributed by atoms with van der Waals surface area (Å²) >= 11 is 0. The summed E-state index contributed by atoms with van der Waals surface area (Å²) in [7, 11) is 3.09. The van der Waals surface area contributed by atoms with E-state index in [1.165, 1.54) is 24.1 Å². The predicted molar refractivity (Wildman–Crippen MR) is 142 cm³/mol. The third-order valence-corrected chi connectivity index (χ3v) is 6.64. The lowest BCUT2D eigenvalue weighted by atomic mass is 9.97. The molecule has 2 heterocycles. The molecule has 0 radical (unpaired) electrons. The van der Waals surface area contributed by atoms with Crippen LogP contribution in [0.1, 0.15) is 48.0 Å². The van der Waals surface area contributed by atoms with Crippen LogP contribution in [-0.2, 0) is 0 Å². The Morgan fingerprint density at radius 1 is 0.947 bits per heavy atom. The number of hydrogen-bond acceptors (Lipinski definition) is 6. The van der Waals surface area contributed by atoms with Crippen molar-refractivity contribution >= 4 is 22.6 Å². The fourth-order valence-corrected chi connectivity index (χ4v) is 4.65. The summed E-state index contributed by atoms with van der Waals surface area (Å²) < 4.78 is 36.8. The van der Waals surface area contributed by atoms with Crippen LogP contribution in [0.5, 0.6) is 17.2 Å². The Bertz CT molecular complexity index is 1560. The molecule has 38 heavy (non-hydrogen) atoms. The monoisotopic (exact) mass is 517 g/mol. The molecule has 5 rings (SSSR count). The fourth-order valence-electron chi connectivity index (χ4n) is 4.65. The van der Waals surface area contributed by atoms with Crippen molar-refractivity contribution in [3.05, 3.63) is 93.6 Å². The Kier molecular flexibility index (Phi) is 6.80. The van der Waals surface area contributed by atoms with Gasteiger partial charge < -0.3 is 18.6 Å². The second-order valence-corrected chi connectivity index (χ2v) is 9.53. The minimum atomic E-state index is -0.839. The molecule has 0 saturated carbocycles. The number of anilines is 1. The zero-order valence-corrected chi connectivity index (χ0v) is 21.6. The van der Waals surface area contributed by atoms with Crippen molar-refractivity contribution in [1.29, 1.82) is 0 Å². The number of nitrogens with zero attached hydrogens (tertiary/aromatic N) is 1. The molecule has 1 amide bonds.